The van der Waals surface area contributed by atoms with Crippen LogP contribution in [0.15, 0.2) is 36.4 Å². The van der Waals surface area contributed by atoms with Crippen molar-refractivity contribution in [1.29, 1.82) is 0 Å². The average Bonchev–Trinajstić information content (AvgIpc) is 2.65. The van der Waals surface area contributed by atoms with E-state index in [1.165, 1.54) is 0 Å². The van der Waals surface area contributed by atoms with Gasteiger partial charge in [-0.25, -0.2) is 9.97 Å². The van der Waals surface area contributed by atoms with E-state index in [-0.39, 0.29) is 11.1 Å². The second kappa shape index (κ2) is 6.65. The Hall–Kier alpha value is -3.23. The van der Waals surface area contributed by atoms with Crippen LogP contribution in [0, 0.1) is 11.9 Å². The number of fused-ring (bicyclic) bond motifs is 2. The first-order chi connectivity index (χ1) is 14.0. The van der Waals surface area contributed by atoms with Crippen LogP contribution in [0.4, 0.5) is 22.0 Å². The number of halogens is 5. The molecule has 9 heteroatoms. The standard InChI is InChI=1S/C21H15F5N4/c1-20(2,3)13-9-11(8-10-6-4-5-7-12(10)13)14-15-16(28-19(23)18(22)27-15)17(30-29-14)21(24,25)26/h4-9H,1-3H3. The highest BCUT2D eigenvalue weighted by molar-refractivity contribution is 5.96. The van der Waals surface area contributed by atoms with E-state index in [4.69, 9.17) is 0 Å². The zero-order valence-corrected chi connectivity index (χ0v) is 16.1. The van der Waals surface area contributed by atoms with Gasteiger partial charge in [-0.15, -0.1) is 10.2 Å². The molecule has 0 saturated heterocycles. The minimum Gasteiger partial charge on any atom is -0.212 e. The lowest BCUT2D eigenvalue weighted by Crippen LogP contribution is -2.14. The van der Waals surface area contributed by atoms with E-state index in [2.05, 4.69) is 20.2 Å². The van der Waals surface area contributed by atoms with Crippen molar-refractivity contribution >= 4 is 21.8 Å². The van der Waals surface area contributed by atoms with E-state index in [9.17, 15) is 22.0 Å². The molecule has 0 aliphatic carbocycles. The maximum absolute atomic E-state index is 13.8. The zero-order chi connectivity index (χ0) is 21.8. The predicted octanol–water partition coefficient (Wildman–Crippen LogP) is 5.83. The Kier molecular flexibility index (Phi) is 4.44. The fourth-order valence-electron chi connectivity index (χ4n) is 3.37. The van der Waals surface area contributed by atoms with E-state index < -0.39 is 34.8 Å². The van der Waals surface area contributed by atoms with Crippen molar-refractivity contribution in [3.63, 3.8) is 0 Å². The van der Waals surface area contributed by atoms with Crippen LogP contribution in [-0.4, -0.2) is 20.2 Å². The van der Waals surface area contributed by atoms with Crippen molar-refractivity contribution in [1.82, 2.24) is 20.2 Å². The Labute approximate surface area is 167 Å². The van der Waals surface area contributed by atoms with Gasteiger partial charge in [-0.3, -0.25) is 0 Å². The highest BCUT2D eigenvalue weighted by Crippen LogP contribution is 2.38. The van der Waals surface area contributed by atoms with E-state index in [1.54, 1.807) is 12.1 Å². The Bertz CT molecular complexity index is 1290. The Balaban J connectivity index is 2.10. The number of alkyl halides is 3. The summed E-state index contributed by atoms with van der Waals surface area (Å²) < 4.78 is 67.4. The van der Waals surface area contributed by atoms with Crippen LogP contribution in [-0.2, 0) is 11.6 Å². The number of hydrogen-bond donors (Lipinski definition) is 0. The molecular weight excluding hydrogens is 403 g/mol. The van der Waals surface area contributed by atoms with Crippen molar-refractivity contribution in [2.75, 3.05) is 0 Å². The topological polar surface area (TPSA) is 51.6 Å². The lowest BCUT2D eigenvalue weighted by Gasteiger charge is -2.23. The van der Waals surface area contributed by atoms with Crippen LogP contribution < -0.4 is 0 Å². The molecule has 0 aliphatic rings. The van der Waals surface area contributed by atoms with Gasteiger partial charge in [0, 0.05) is 5.56 Å². The molecular formula is C21H15F5N4. The quantitative estimate of drug-likeness (QED) is 0.365. The molecule has 154 valence electrons. The van der Waals surface area contributed by atoms with Crippen molar-refractivity contribution in [3.8, 4) is 11.3 Å². The van der Waals surface area contributed by atoms with E-state index >= 15 is 0 Å². The first-order valence-corrected chi connectivity index (χ1v) is 8.97. The Morgan fingerprint density at radius 2 is 1.43 bits per heavy atom. The molecule has 0 spiro atoms. The van der Waals surface area contributed by atoms with Crippen molar-refractivity contribution < 1.29 is 22.0 Å². The predicted molar refractivity (Wildman–Crippen MR) is 102 cm³/mol. The summed E-state index contributed by atoms with van der Waals surface area (Å²) in [4.78, 5) is 6.53. The number of aromatic nitrogens is 4. The molecule has 0 N–H and O–H groups in total. The molecule has 0 saturated carbocycles. The molecule has 0 radical (unpaired) electrons. The molecule has 0 atom stereocenters. The highest BCUT2D eigenvalue weighted by Gasteiger charge is 2.38. The first kappa shape index (κ1) is 20.1. The normalized spacial score (nSPS) is 12.7. The summed E-state index contributed by atoms with van der Waals surface area (Å²) in [5.74, 6) is -3.34. The van der Waals surface area contributed by atoms with Gasteiger partial charge >= 0.3 is 6.18 Å². The maximum atomic E-state index is 13.8. The average molecular weight is 418 g/mol. The molecule has 2 heterocycles. The van der Waals surface area contributed by atoms with Gasteiger partial charge in [0.1, 0.15) is 16.7 Å². The second-order valence-corrected chi connectivity index (χ2v) is 7.89. The molecule has 2 aromatic heterocycles. The molecule has 4 rings (SSSR count). The molecule has 0 amide bonds. The molecule has 2 aromatic carbocycles. The fraction of sp³-hybridized carbons (Fsp3) is 0.238. The molecule has 0 aliphatic heterocycles. The van der Waals surface area contributed by atoms with Crippen molar-refractivity contribution in [2.24, 2.45) is 0 Å². The number of benzene rings is 2. The first-order valence-electron chi connectivity index (χ1n) is 8.97. The molecule has 30 heavy (non-hydrogen) atoms. The molecule has 0 bridgehead atoms. The summed E-state index contributed by atoms with van der Waals surface area (Å²) in [5.41, 5.74) is -2.06. The van der Waals surface area contributed by atoms with Crippen LogP contribution in [0.2, 0.25) is 0 Å². The van der Waals surface area contributed by atoms with Gasteiger partial charge in [-0.1, -0.05) is 45.0 Å². The van der Waals surface area contributed by atoms with Crippen LogP contribution in [0.25, 0.3) is 33.1 Å². The van der Waals surface area contributed by atoms with E-state index in [1.807, 2.05) is 45.0 Å². The Morgan fingerprint density at radius 3 is 2.07 bits per heavy atom. The van der Waals surface area contributed by atoms with Gasteiger partial charge in [0.05, 0.1) is 0 Å². The van der Waals surface area contributed by atoms with Crippen LogP contribution in [0.5, 0.6) is 0 Å². The van der Waals surface area contributed by atoms with Crippen LogP contribution >= 0.6 is 0 Å². The van der Waals surface area contributed by atoms with E-state index in [0.717, 1.165) is 16.3 Å². The third-order valence-corrected chi connectivity index (χ3v) is 4.72. The summed E-state index contributed by atoms with van der Waals surface area (Å²) >= 11 is 0. The van der Waals surface area contributed by atoms with Gasteiger partial charge in [0.2, 0.25) is 0 Å². The van der Waals surface area contributed by atoms with Crippen molar-refractivity contribution in [2.45, 2.75) is 32.4 Å². The molecule has 4 nitrogen and oxygen atoms in total. The lowest BCUT2D eigenvalue weighted by atomic mass is 9.82. The number of nitrogens with zero attached hydrogens (tertiary/aromatic N) is 4. The van der Waals surface area contributed by atoms with Gasteiger partial charge in [0.25, 0.3) is 11.9 Å². The monoisotopic (exact) mass is 418 g/mol. The molecule has 0 fully saturated rings. The summed E-state index contributed by atoms with van der Waals surface area (Å²) in [5, 5.41) is 8.68. The largest absolute Gasteiger partial charge is 0.437 e. The second-order valence-electron chi connectivity index (χ2n) is 7.89. The number of rotatable bonds is 1. The SMILES string of the molecule is CC(C)(C)c1cc(-c2nnc(C(F)(F)F)c3nc(F)c(F)nc23)cc2ccccc12. The Morgan fingerprint density at radius 1 is 0.800 bits per heavy atom. The van der Waals surface area contributed by atoms with E-state index in [0.29, 0.717) is 5.56 Å². The van der Waals surface area contributed by atoms with Gasteiger partial charge in [-0.05, 0) is 33.9 Å². The summed E-state index contributed by atoms with van der Waals surface area (Å²) in [6, 6.07) is 10.9. The highest BCUT2D eigenvalue weighted by atomic mass is 19.4. The smallest absolute Gasteiger partial charge is 0.212 e. The minimum atomic E-state index is -4.96. The van der Waals surface area contributed by atoms with Gasteiger partial charge in [-0.2, -0.15) is 22.0 Å². The summed E-state index contributed by atoms with van der Waals surface area (Å²) in [6.07, 6.45) is -4.96. The number of hydrogen-bond acceptors (Lipinski definition) is 4. The van der Waals surface area contributed by atoms with Gasteiger partial charge < -0.3 is 0 Å². The fourth-order valence-corrected chi connectivity index (χ4v) is 3.37. The minimum absolute atomic E-state index is 0.111. The van der Waals surface area contributed by atoms with Crippen LogP contribution in [0.1, 0.15) is 32.0 Å². The molecule has 4 aromatic rings. The molecule has 0 unspecified atom stereocenters. The third kappa shape index (κ3) is 3.34. The zero-order valence-electron chi connectivity index (χ0n) is 16.1. The third-order valence-electron chi connectivity index (χ3n) is 4.72. The summed E-state index contributed by atoms with van der Waals surface area (Å²) in [7, 11) is 0. The summed E-state index contributed by atoms with van der Waals surface area (Å²) in [6.45, 7) is 5.97. The lowest BCUT2D eigenvalue weighted by molar-refractivity contribution is -0.140. The van der Waals surface area contributed by atoms with Gasteiger partial charge in [0.15, 0.2) is 5.69 Å². The maximum Gasteiger partial charge on any atom is 0.437 e. The van der Waals surface area contributed by atoms with Crippen LogP contribution in [0.3, 0.4) is 0 Å². The van der Waals surface area contributed by atoms with Crippen molar-refractivity contribution in [3.05, 3.63) is 59.6 Å².